The average Bonchev–Trinajstić information content (AvgIpc) is 2.61. The smallest absolute Gasteiger partial charge is 0.322 e. The molecule has 15 heavy (non-hydrogen) atoms. The number of carbonyl (C=O) groups excluding carboxylic acids is 1. The van der Waals surface area contributed by atoms with Crippen molar-refractivity contribution in [2.75, 3.05) is 5.32 Å². The molecule has 3 N–H and O–H groups in total. The lowest BCUT2D eigenvalue weighted by Crippen LogP contribution is -2.40. The Morgan fingerprint density at radius 3 is 2.73 bits per heavy atom. The minimum absolute atomic E-state index is 0.0938. The summed E-state index contributed by atoms with van der Waals surface area (Å²) >= 11 is 0. The van der Waals surface area contributed by atoms with E-state index in [2.05, 4.69) is 15.5 Å². The number of anilines is 1. The molecule has 0 saturated carbocycles. The molecule has 0 bridgehead atoms. The fraction of sp³-hybridized carbons (Fsp3) is 0.667. The third kappa shape index (κ3) is 3.02. The number of nitrogens with one attached hydrogen (secondary N) is 1. The van der Waals surface area contributed by atoms with Gasteiger partial charge in [0.1, 0.15) is 0 Å². The summed E-state index contributed by atoms with van der Waals surface area (Å²) in [4.78, 5) is 11.6. The van der Waals surface area contributed by atoms with Gasteiger partial charge in [-0.3, -0.25) is 10.1 Å². The Morgan fingerprint density at radius 2 is 2.27 bits per heavy atom. The average molecular weight is 212 g/mol. The lowest BCUT2D eigenvalue weighted by atomic mass is 10.00. The molecule has 0 aliphatic carbocycles. The SMILES string of the molecule is CC[C@H](C)[C@H](N)C(=O)Nc1nnc(C)o1. The molecule has 0 unspecified atom stereocenters. The third-order valence-electron chi connectivity index (χ3n) is 2.32. The van der Waals surface area contributed by atoms with Gasteiger partial charge in [-0.25, -0.2) is 0 Å². The molecular formula is C9H16N4O2. The van der Waals surface area contributed by atoms with E-state index >= 15 is 0 Å². The largest absolute Gasteiger partial charge is 0.408 e. The zero-order chi connectivity index (χ0) is 11.4. The highest BCUT2D eigenvalue weighted by Crippen LogP contribution is 2.09. The van der Waals surface area contributed by atoms with E-state index in [1.165, 1.54) is 0 Å². The summed E-state index contributed by atoms with van der Waals surface area (Å²) < 4.78 is 5.01. The van der Waals surface area contributed by atoms with Crippen LogP contribution in [-0.4, -0.2) is 22.1 Å². The van der Waals surface area contributed by atoms with E-state index in [0.717, 1.165) is 6.42 Å². The fourth-order valence-corrected chi connectivity index (χ4v) is 1.05. The van der Waals surface area contributed by atoms with Gasteiger partial charge in [-0.05, 0) is 5.92 Å². The number of hydrogen-bond donors (Lipinski definition) is 2. The van der Waals surface area contributed by atoms with Crippen LogP contribution < -0.4 is 11.1 Å². The van der Waals surface area contributed by atoms with Crippen LogP contribution in [0.4, 0.5) is 6.01 Å². The molecule has 84 valence electrons. The van der Waals surface area contributed by atoms with E-state index in [1.54, 1.807) is 6.92 Å². The van der Waals surface area contributed by atoms with Crippen molar-refractivity contribution < 1.29 is 9.21 Å². The van der Waals surface area contributed by atoms with Crippen molar-refractivity contribution in [2.45, 2.75) is 33.2 Å². The maximum absolute atomic E-state index is 11.6. The number of aromatic nitrogens is 2. The van der Waals surface area contributed by atoms with Crippen molar-refractivity contribution >= 4 is 11.9 Å². The second-order valence-electron chi connectivity index (χ2n) is 3.53. The summed E-state index contributed by atoms with van der Waals surface area (Å²) in [6, 6.07) is -0.460. The number of nitrogens with zero attached hydrogens (tertiary/aromatic N) is 2. The third-order valence-corrected chi connectivity index (χ3v) is 2.32. The van der Waals surface area contributed by atoms with Gasteiger partial charge in [0.05, 0.1) is 6.04 Å². The first-order chi connectivity index (χ1) is 7.04. The predicted octanol–water partition coefficient (Wildman–Crippen LogP) is 0.690. The Balaban J connectivity index is 2.55. The first-order valence-corrected chi connectivity index (χ1v) is 4.91. The molecule has 0 aliphatic heterocycles. The Kier molecular flexibility index (Phi) is 3.79. The second-order valence-corrected chi connectivity index (χ2v) is 3.53. The van der Waals surface area contributed by atoms with Crippen molar-refractivity contribution in [2.24, 2.45) is 11.7 Å². The Bertz CT molecular complexity index is 337. The van der Waals surface area contributed by atoms with Gasteiger partial charge in [0.2, 0.25) is 11.8 Å². The molecule has 0 saturated heterocycles. The molecule has 6 heteroatoms. The standard InChI is InChI=1S/C9H16N4O2/c1-4-5(2)7(10)8(14)11-9-13-12-6(3)15-9/h5,7H,4,10H2,1-3H3,(H,11,13,14)/t5-,7-/m0/s1. The molecule has 0 radical (unpaired) electrons. The normalized spacial score (nSPS) is 14.7. The topological polar surface area (TPSA) is 94.0 Å². The Morgan fingerprint density at radius 1 is 1.60 bits per heavy atom. The van der Waals surface area contributed by atoms with E-state index < -0.39 is 6.04 Å². The summed E-state index contributed by atoms with van der Waals surface area (Å²) in [7, 11) is 0. The van der Waals surface area contributed by atoms with Crippen molar-refractivity contribution in [1.29, 1.82) is 0 Å². The van der Waals surface area contributed by atoms with Gasteiger partial charge < -0.3 is 10.2 Å². The van der Waals surface area contributed by atoms with Crippen molar-refractivity contribution in [3.8, 4) is 0 Å². The van der Waals surface area contributed by atoms with Crippen LogP contribution in [0.15, 0.2) is 4.42 Å². The lowest BCUT2D eigenvalue weighted by molar-refractivity contribution is -0.118. The second kappa shape index (κ2) is 4.88. The molecule has 0 aromatic carbocycles. The van der Waals surface area contributed by atoms with Crippen LogP contribution in [-0.2, 0) is 4.79 Å². The molecule has 1 rings (SSSR count). The van der Waals surface area contributed by atoms with Gasteiger partial charge in [-0.2, -0.15) is 0 Å². The monoisotopic (exact) mass is 212 g/mol. The maximum Gasteiger partial charge on any atom is 0.322 e. The van der Waals surface area contributed by atoms with Gasteiger partial charge in [-0.15, -0.1) is 5.10 Å². The van der Waals surface area contributed by atoms with E-state index in [9.17, 15) is 4.79 Å². The van der Waals surface area contributed by atoms with Gasteiger partial charge in [0.15, 0.2) is 0 Å². The summed E-state index contributed by atoms with van der Waals surface area (Å²) in [5, 5.41) is 9.71. The molecule has 0 fully saturated rings. The van der Waals surface area contributed by atoms with Crippen LogP contribution in [0.3, 0.4) is 0 Å². The Labute approximate surface area is 88.2 Å². The van der Waals surface area contributed by atoms with Crippen molar-refractivity contribution in [3.05, 3.63) is 5.89 Å². The van der Waals surface area contributed by atoms with Crippen LogP contribution in [0, 0.1) is 12.8 Å². The predicted molar refractivity (Wildman–Crippen MR) is 55.1 cm³/mol. The van der Waals surface area contributed by atoms with E-state index in [0.29, 0.717) is 5.89 Å². The molecule has 6 nitrogen and oxygen atoms in total. The number of aryl methyl sites for hydroxylation is 1. The molecule has 1 aromatic rings. The van der Waals surface area contributed by atoms with Gasteiger partial charge >= 0.3 is 6.01 Å². The van der Waals surface area contributed by atoms with Gasteiger partial charge in [0.25, 0.3) is 0 Å². The molecule has 0 aliphatic rings. The van der Waals surface area contributed by atoms with Gasteiger partial charge in [0, 0.05) is 6.92 Å². The summed E-state index contributed by atoms with van der Waals surface area (Å²) in [6.45, 7) is 5.55. The van der Waals surface area contributed by atoms with Crippen LogP contribution >= 0.6 is 0 Å². The fourth-order valence-electron chi connectivity index (χ4n) is 1.05. The number of amides is 1. The number of hydrogen-bond acceptors (Lipinski definition) is 5. The highest BCUT2D eigenvalue weighted by molar-refractivity contribution is 5.93. The Hall–Kier alpha value is -1.43. The van der Waals surface area contributed by atoms with E-state index in [1.807, 2.05) is 13.8 Å². The quantitative estimate of drug-likeness (QED) is 0.765. The number of nitrogens with two attached hydrogens (primary N) is 1. The summed E-state index contributed by atoms with van der Waals surface area (Å²) in [5.74, 6) is 0.226. The number of carbonyl (C=O) groups is 1. The number of rotatable bonds is 4. The maximum atomic E-state index is 11.6. The van der Waals surface area contributed by atoms with Crippen molar-refractivity contribution in [1.82, 2.24) is 10.2 Å². The van der Waals surface area contributed by atoms with E-state index in [4.69, 9.17) is 10.2 Å². The van der Waals surface area contributed by atoms with Crippen LogP contribution in [0.5, 0.6) is 0 Å². The molecule has 0 spiro atoms. The molecule has 1 amide bonds. The molecule has 1 aromatic heterocycles. The highest BCUT2D eigenvalue weighted by Gasteiger charge is 2.20. The summed E-state index contributed by atoms with van der Waals surface area (Å²) in [5.41, 5.74) is 5.72. The minimum Gasteiger partial charge on any atom is -0.408 e. The first kappa shape index (κ1) is 11.6. The minimum atomic E-state index is -0.554. The van der Waals surface area contributed by atoms with E-state index in [-0.39, 0.29) is 17.8 Å². The van der Waals surface area contributed by atoms with Crippen LogP contribution in [0.1, 0.15) is 26.2 Å². The van der Waals surface area contributed by atoms with Crippen LogP contribution in [0.2, 0.25) is 0 Å². The van der Waals surface area contributed by atoms with Crippen LogP contribution in [0.25, 0.3) is 0 Å². The first-order valence-electron chi connectivity index (χ1n) is 4.91. The zero-order valence-corrected chi connectivity index (χ0v) is 9.15. The molecular weight excluding hydrogens is 196 g/mol. The van der Waals surface area contributed by atoms with Gasteiger partial charge in [-0.1, -0.05) is 25.4 Å². The molecule has 2 atom stereocenters. The molecule has 1 heterocycles. The highest BCUT2D eigenvalue weighted by atomic mass is 16.4. The summed E-state index contributed by atoms with van der Waals surface area (Å²) in [6.07, 6.45) is 0.845. The zero-order valence-electron chi connectivity index (χ0n) is 9.15. The van der Waals surface area contributed by atoms with Crippen molar-refractivity contribution in [3.63, 3.8) is 0 Å². The lowest BCUT2D eigenvalue weighted by Gasteiger charge is -2.15.